The molecule has 0 saturated heterocycles. The third-order valence-corrected chi connectivity index (χ3v) is 5.61. The van der Waals surface area contributed by atoms with Crippen LogP contribution in [0.1, 0.15) is 110 Å². The first-order chi connectivity index (χ1) is 16.2. The van der Waals surface area contributed by atoms with Gasteiger partial charge in [-0.05, 0) is 64.7 Å². The molecule has 0 aliphatic heterocycles. The lowest BCUT2D eigenvalue weighted by Crippen LogP contribution is -2.45. The zero-order valence-corrected chi connectivity index (χ0v) is 21.4. The summed E-state index contributed by atoms with van der Waals surface area (Å²) in [4.78, 5) is 12.1. The van der Waals surface area contributed by atoms with Crippen LogP contribution in [0.25, 0.3) is 0 Å². The van der Waals surface area contributed by atoms with Crippen LogP contribution in [0.3, 0.4) is 0 Å². The topological polar surface area (TPSA) is 69.6 Å². The second-order valence-electron chi connectivity index (χ2n) is 8.74. The zero-order valence-electron chi connectivity index (χ0n) is 21.4. The summed E-state index contributed by atoms with van der Waals surface area (Å²) in [5.41, 5.74) is 0. The molecule has 0 spiro atoms. The van der Waals surface area contributed by atoms with Crippen LogP contribution >= 0.6 is 0 Å². The summed E-state index contributed by atoms with van der Waals surface area (Å²) in [5, 5.41) is 22.5. The molecule has 190 valence electrons. The van der Waals surface area contributed by atoms with E-state index in [0.29, 0.717) is 6.42 Å². The number of nitrogens with one attached hydrogen (secondary N) is 1. The fourth-order valence-corrected chi connectivity index (χ4v) is 3.50. The molecule has 0 fully saturated rings. The van der Waals surface area contributed by atoms with Gasteiger partial charge in [0.25, 0.3) is 0 Å². The highest BCUT2D eigenvalue weighted by atomic mass is 16.3. The van der Waals surface area contributed by atoms with Crippen LogP contribution in [0.2, 0.25) is 0 Å². The van der Waals surface area contributed by atoms with Crippen molar-refractivity contribution in [2.45, 2.75) is 122 Å². The number of hydrogen-bond acceptors (Lipinski definition) is 3. The maximum atomic E-state index is 12.1. The molecular weight excluding hydrogens is 410 g/mol. The van der Waals surface area contributed by atoms with Gasteiger partial charge in [-0.3, -0.25) is 4.79 Å². The van der Waals surface area contributed by atoms with E-state index in [1.54, 1.807) is 6.08 Å². The van der Waals surface area contributed by atoms with Gasteiger partial charge in [-0.2, -0.15) is 0 Å². The van der Waals surface area contributed by atoms with Gasteiger partial charge in [0.05, 0.1) is 18.8 Å². The Labute approximate surface area is 203 Å². The Kier molecular flexibility index (Phi) is 23.7. The van der Waals surface area contributed by atoms with Crippen molar-refractivity contribution in [3.05, 3.63) is 48.6 Å². The first kappa shape index (κ1) is 31.4. The third-order valence-electron chi connectivity index (χ3n) is 5.61. The number of hydrogen-bond donors (Lipinski definition) is 3. The number of aliphatic hydroxyl groups is 2. The van der Waals surface area contributed by atoms with Crippen molar-refractivity contribution in [2.24, 2.45) is 0 Å². The minimum absolute atomic E-state index is 0.0967. The molecule has 0 aromatic rings. The summed E-state index contributed by atoms with van der Waals surface area (Å²) in [7, 11) is 0. The van der Waals surface area contributed by atoms with Crippen molar-refractivity contribution in [1.29, 1.82) is 0 Å². The molecule has 4 nitrogen and oxygen atoms in total. The van der Waals surface area contributed by atoms with Gasteiger partial charge in [0.2, 0.25) is 5.91 Å². The zero-order chi connectivity index (χ0) is 24.4. The molecule has 2 unspecified atom stereocenters. The fraction of sp³-hybridized carbons (Fsp3) is 0.690. The Hall–Kier alpha value is -1.65. The maximum absolute atomic E-state index is 12.1. The Morgan fingerprint density at radius 3 is 1.94 bits per heavy atom. The first-order valence-electron chi connectivity index (χ1n) is 13.3. The van der Waals surface area contributed by atoms with Crippen LogP contribution in [-0.4, -0.2) is 34.9 Å². The molecule has 2 atom stereocenters. The van der Waals surface area contributed by atoms with Gasteiger partial charge in [-0.25, -0.2) is 0 Å². The first-order valence-corrected chi connectivity index (χ1v) is 13.3. The molecule has 0 heterocycles. The van der Waals surface area contributed by atoms with Gasteiger partial charge in [-0.15, -0.1) is 0 Å². The quantitative estimate of drug-likeness (QED) is 0.121. The van der Waals surface area contributed by atoms with E-state index in [1.165, 1.54) is 38.5 Å². The summed E-state index contributed by atoms with van der Waals surface area (Å²) in [6, 6.07) is -0.644. The van der Waals surface area contributed by atoms with Crippen LogP contribution in [-0.2, 0) is 4.79 Å². The molecule has 0 aromatic carbocycles. The summed E-state index contributed by atoms with van der Waals surface area (Å²) in [6.07, 6.45) is 31.9. The normalized spacial score (nSPS) is 14.2. The highest BCUT2D eigenvalue weighted by Gasteiger charge is 2.17. The lowest BCUT2D eigenvalue weighted by molar-refractivity contribution is -0.123. The molecule has 4 heteroatoms. The maximum Gasteiger partial charge on any atom is 0.220 e. The van der Waals surface area contributed by atoms with Gasteiger partial charge < -0.3 is 15.5 Å². The molecule has 33 heavy (non-hydrogen) atoms. The molecule has 0 rings (SSSR count). The number of carbonyl (C=O) groups is 1. The van der Waals surface area contributed by atoms with Gasteiger partial charge >= 0.3 is 0 Å². The highest BCUT2D eigenvalue weighted by Crippen LogP contribution is 2.09. The van der Waals surface area contributed by atoms with Crippen LogP contribution in [0.4, 0.5) is 0 Å². The van der Waals surface area contributed by atoms with E-state index in [-0.39, 0.29) is 12.5 Å². The summed E-state index contributed by atoms with van der Waals surface area (Å²) >= 11 is 0. The van der Waals surface area contributed by atoms with Crippen molar-refractivity contribution in [2.75, 3.05) is 6.61 Å². The summed E-state index contributed by atoms with van der Waals surface area (Å²) in [6.45, 7) is 3.99. The Balaban J connectivity index is 3.81. The molecule has 0 bridgehead atoms. The van der Waals surface area contributed by atoms with E-state index in [0.717, 1.165) is 51.4 Å². The third kappa shape index (κ3) is 21.9. The predicted octanol–water partition coefficient (Wildman–Crippen LogP) is 6.94. The number of rotatable bonds is 22. The van der Waals surface area contributed by atoms with Gasteiger partial charge in [0.15, 0.2) is 0 Å². The molecule has 0 aliphatic carbocycles. The lowest BCUT2D eigenvalue weighted by atomic mass is 10.1. The molecule has 3 N–H and O–H groups in total. The van der Waals surface area contributed by atoms with Gasteiger partial charge in [0, 0.05) is 6.42 Å². The second kappa shape index (κ2) is 25.0. The minimum atomic E-state index is -0.868. The number of amides is 1. The largest absolute Gasteiger partial charge is 0.394 e. The van der Waals surface area contributed by atoms with Crippen molar-refractivity contribution >= 4 is 5.91 Å². The van der Waals surface area contributed by atoms with Crippen molar-refractivity contribution in [3.8, 4) is 0 Å². The van der Waals surface area contributed by atoms with E-state index >= 15 is 0 Å². The lowest BCUT2D eigenvalue weighted by Gasteiger charge is -2.19. The standard InChI is InChI=1S/C29H51NO3/c1-3-5-7-9-11-13-14-15-17-19-21-23-25-29(33)30-27(26-31)28(32)24-22-20-18-16-12-10-8-6-4-2/h4,6,11-13,16,22,24,27-28,31-32H,3,5,7-10,14-15,17-21,23,25-26H2,1-2H3,(H,30,33)/b6-4+,13-11-,16-12+,24-22+. The number of carbonyl (C=O) groups excluding carboxylic acids is 1. The van der Waals surface area contributed by atoms with Crippen molar-refractivity contribution < 1.29 is 15.0 Å². The average Bonchev–Trinajstić information content (AvgIpc) is 2.82. The van der Waals surface area contributed by atoms with E-state index in [2.05, 4.69) is 48.7 Å². The molecule has 0 aliphatic rings. The Morgan fingerprint density at radius 2 is 1.30 bits per heavy atom. The number of unbranched alkanes of at least 4 members (excludes halogenated alkanes) is 10. The Morgan fingerprint density at radius 1 is 0.758 bits per heavy atom. The number of allylic oxidation sites excluding steroid dienone is 7. The van der Waals surface area contributed by atoms with Crippen molar-refractivity contribution in [1.82, 2.24) is 5.32 Å². The van der Waals surface area contributed by atoms with Crippen LogP contribution in [0, 0.1) is 0 Å². The molecule has 0 saturated carbocycles. The summed E-state index contributed by atoms with van der Waals surface area (Å²) in [5.74, 6) is -0.0967. The SMILES string of the molecule is C/C=C/CC/C=C/CC/C=C/C(O)C(CO)NC(=O)CCCCCCC/C=C\CCCCC. The average molecular weight is 462 g/mol. The summed E-state index contributed by atoms with van der Waals surface area (Å²) < 4.78 is 0. The van der Waals surface area contributed by atoms with Gasteiger partial charge in [-0.1, -0.05) is 87.6 Å². The minimum Gasteiger partial charge on any atom is -0.394 e. The van der Waals surface area contributed by atoms with Gasteiger partial charge in [0.1, 0.15) is 0 Å². The highest BCUT2D eigenvalue weighted by molar-refractivity contribution is 5.76. The van der Waals surface area contributed by atoms with E-state index in [9.17, 15) is 15.0 Å². The predicted molar refractivity (Wildman–Crippen MR) is 142 cm³/mol. The monoisotopic (exact) mass is 461 g/mol. The van der Waals surface area contributed by atoms with Crippen molar-refractivity contribution in [3.63, 3.8) is 0 Å². The molecule has 0 radical (unpaired) electrons. The molecule has 0 aromatic heterocycles. The Bertz CT molecular complexity index is 551. The molecule has 1 amide bonds. The molecular formula is C29H51NO3. The van der Waals surface area contributed by atoms with E-state index < -0.39 is 12.1 Å². The van der Waals surface area contributed by atoms with Crippen LogP contribution < -0.4 is 5.32 Å². The van der Waals surface area contributed by atoms with E-state index in [1.807, 2.05) is 13.0 Å². The second-order valence-corrected chi connectivity index (χ2v) is 8.74. The smallest absolute Gasteiger partial charge is 0.220 e. The van der Waals surface area contributed by atoms with Crippen LogP contribution in [0.15, 0.2) is 48.6 Å². The van der Waals surface area contributed by atoms with E-state index in [4.69, 9.17) is 0 Å². The fourth-order valence-electron chi connectivity index (χ4n) is 3.50. The van der Waals surface area contributed by atoms with Crippen LogP contribution in [0.5, 0.6) is 0 Å². The number of aliphatic hydroxyl groups excluding tert-OH is 2.